The number of piperazine rings is 1. The number of hydrogen-bond acceptors (Lipinski definition) is 5. The zero-order valence-corrected chi connectivity index (χ0v) is 20.9. The van der Waals surface area contributed by atoms with Crippen LogP contribution < -0.4 is 15.5 Å². The van der Waals surface area contributed by atoms with E-state index in [0.29, 0.717) is 44.7 Å². The minimum Gasteiger partial charge on any atom is -0.343 e. The summed E-state index contributed by atoms with van der Waals surface area (Å²) >= 11 is 0. The van der Waals surface area contributed by atoms with Gasteiger partial charge in [-0.3, -0.25) is 24.1 Å². The van der Waals surface area contributed by atoms with Crippen molar-refractivity contribution >= 4 is 35.0 Å². The Morgan fingerprint density at radius 1 is 0.889 bits per heavy atom. The Labute approximate surface area is 211 Å². The number of carbonyl (C=O) groups excluding carboxylic acids is 4. The number of carbonyl (C=O) groups is 4. The van der Waals surface area contributed by atoms with E-state index < -0.39 is 0 Å². The van der Waals surface area contributed by atoms with Gasteiger partial charge in [0.15, 0.2) is 0 Å². The standard InChI is InChI=1S/C27H33N5O4/c1-19-5-3-6-20(2)26(19)29-23(33)18-30-13-15-31(16-14-30)25(35)17-28-27(36)21-8-10-22(11-9-21)32-12-4-7-24(32)34/h3,5-6,8-11H,4,7,12-18H2,1-2H3,(H,28,36)(H,29,33). The van der Waals surface area contributed by atoms with E-state index in [1.165, 1.54) is 0 Å². The largest absolute Gasteiger partial charge is 0.343 e. The van der Waals surface area contributed by atoms with Gasteiger partial charge in [0.05, 0.1) is 13.1 Å². The van der Waals surface area contributed by atoms with E-state index in [2.05, 4.69) is 10.6 Å². The number of hydrogen-bond donors (Lipinski definition) is 2. The van der Waals surface area contributed by atoms with E-state index in [9.17, 15) is 19.2 Å². The summed E-state index contributed by atoms with van der Waals surface area (Å²) in [6.45, 7) is 7.02. The van der Waals surface area contributed by atoms with Crippen molar-refractivity contribution < 1.29 is 19.2 Å². The van der Waals surface area contributed by atoms with Crippen LogP contribution in [0.3, 0.4) is 0 Å². The van der Waals surface area contributed by atoms with Gasteiger partial charge in [-0.2, -0.15) is 0 Å². The molecule has 0 radical (unpaired) electrons. The van der Waals surface area contributed by atoms with Crippen LogP contribution in [0.15, 0.2) is 42.5 Å². The molecular weight excluding hydrogens is 458 g/mol. The van der Waals surface area contributed by atoms with Crippen LogP contribution in [0.1, 0.15) is 34.3 Å². The predicted octanol–water partition coefficient (Wildman–Crippen LogP) is 1.94. The summed E-state index contributed by atoms with van der Waals surface area (Å²) in [6.07, 6.45) is 1.40. The first-order chi connectivity index (χ1) is 17.3. The van der Waals surface area contributed by atoms with Crippen LogP contribution in [-0.2, 0) is 14.4 Å². The molecule has 36 heavy (non-hydrogen) atoms. The number of anilines is 2. The maximum absolute atomic E-state index is 12.6. The topological polar surface area (TPSA) is 102 Å². The van der Waals surface area contributed by atoms with Gasteiger partial charge in [-0.15, -0.1) is 0 Å². The molecule has 2 N–H and O–H groups in total. The lowest BCUT2D eigenvalue weighted by molar-refractivity contribution is -0.132. The molecule has 0 saturated carbocycles. The molecule has 2 heterocycles. The number of nitrogens with one attached hydrogen (secondary N) is 2. The summed E-state index contributed by atoms with van der Waals surface area (Å²) in [7, 11) is 0. The molecule has 2 saturated heterocycles. The Balaban J connectivity index is 1.19. The van der Waals surface area contributed by atoms with Crippen molar-refractivity contribution in [2.45, 2.75) is 26.7 Å². The quantitative estimate of drug-likeness (QED) is 0.617. The van der Waals surface area contributed by atoms with Crippen LogP contribution in [0, 0.1) is 13.8 Å². The van der Waals surface area contributed by atoms with Gasteiger partial charge in [-0.05, 0) is 55.7 Å². The predicted molar refractivity (Wildman–Crippen MR) is 138 cm³/mol. The molecule has 0 bridgehead atoms. The Kier molecular flexibility index (Phi) is 8.00. The van der Waals surface area contributed by atoms with E-state index in [0.717, 1.165) is 28.9 Å². The molecule has 0 spiro atoms. The fraction of sp³-hybridized carbons (Fsp3) is 0.407. The normalized spacial score (nSPS) is 16.2. The Morgan fingerprint density at radius 3 is 2.17 bits per heavy atom. The van der Waals surface area contributed by atoms with E-state index >= 15 is 0 Å². The van der Waals surface area contributed by atoms with Gasteiger partial charge in [-0.25, -0.2) is 0 Å². The van der Waals surface area contributed by atoms with Crippen LogP contribution in [-0.4, -0.2) is 79.2 Å². The van der Waals surface area contributed by atoms with Crippen LogP contribution in [0.2, 0.25) is 0 Å². The summed E-state index contributed by atoms with van der Waals surface area (Å²) in [5, 5.41) is 5.69. The first kappa shape index (κ1) is 25.4. The number of amides is 4. The molecule has 2 aliphatic heterocycles. The molecule has 190 valence electrons. The summed E-state index contributed by atoms with van der Waals surface area (Å²) in [5.41, 5.74) is 4.13. The van der Waals surface area contributed by atoms with E-state index in [1.54, 1.807) is 34.1 Å². The van der Waals surface area contributed by atoms with E-state index in [-0.39, 0.29) is 36.7 Å². The summed E-state index contributed by atoms with van der Waals surface area (Å²) in [4.78, 5) is 55.0. The third-order valence-corrected chi connectivity index (χ3v) is 6.75. The van der Waals surface area contributed by atoms with Gasteiger partial charge in [0.2, 0.25) is 17.7 Å². The molecule has 2 aromatic carbocycles. The van der Waals surface area contributed by atoms with Crippen molar-refractivity contribution in [3.8, 4) is 0 Å². The third kappa shape index (κ3) is 6.09. The lowest BCUT2D eigenvalue weighted by atomic mass is 10.1. The fourth-order valence-electron chi connectivity index (χ4n) is 4.63. The average Bonchev–Trinajstić information content (AvgIpc) is 3.31. The number of aryl methyl sites for hydroxylation is 2. The average molecular weight is 492 g/mol. The van der Waals surface area contributed by atoms with Gasteiger partial charge in [0.1, 0.15) is 0 Å². The minimum atomic E-state index is -0.329. The molecular formula is C27H33N5O4. The van der Waals surface area contributed by atoms with Gasteiger partial charge in [0.25, 0.3) is 5.91 Å². The Bertz CT molecular complexity index is 1120. The highest BCUT2D eigenvalue weighted by molar-refractivity contribution is 5.98. The SMILES string of the molecule is Cc1cccc(C)c1NC(=O)CN1CCN(C(=O)CNC(=O)c2ccc(N3CCCC3=O)cc2)CC1. The van der Waals surface area contributed by atoms with E-state index in [4.69, 9.17) is 0 Å². The lowest BCUT2D eigenvalue weighted by Crippen LogP contribution is -2.52. The number of benzene rings is 2. The highest BCUT2D eigenvalue weighted by Crippen LogP contribution is 2.22. The smallest absolute Gasteiger partial charge is 0.251 e. The zero-order chi connectivity index (χ0) is 25.7. The second kappa shape index (κ2) is 11.3. The van der Waals surface area contributed by atoms with Gasteiger partial charge >= 0.3 is 0 Å². The molecule has 9 heteroatoms. The van der Waals surface area contributed by atoms with Crippen molar-refractivity contribution in [2.75, 3.05) is 56.0 Å². The molecule has 4 amide bonds. The monoisotopic (exact) mass is 491 g/mol. The lowest BCUT2D eigenvalue weighted by Gasteiger charge is -2.34. The highest BCUT2D eigenvalue weighted by atomic mass is 16.2. The van der Waals surface area contributed by atoms with Crippen molar-refractivity contribution in [1.29, 1.82) is 0 Å². The molecule has 4 rings (SSSR count). The zero-order valence-electron chi connectivity index (χ0n) is 20.9. The molecule has 0 aliphatic carbocycles. The van der Waals surface area contributed by atoms with Crippen LogP contribution in [0.25, 0.3) is 0 Å². The van der Waals surface area contributed by atoms with Gasteiger partial charge in [-0.1, -0.05) is 18.2 Å². The van der Waals surface area contributed by atoms with Crippen LogP contribution >= 0.6 is 0 Å². The highest BCUT2D eigenvalue weighted by Gasteiger charge is 2.24. The molecule has 2 aromatic rings. The molecule has 2 fully saturated rings. The third-order valence-electron chi connectivity index (χ3n) is 6.75. The molecule has 0 unspecified atom stereocenters. The number of para-hydroxylation sites is 1. The van der Waals surface area contributed by atoms with Crippen LogP contribution in [0.4, 0.5) is 11.4 Å². The van der Waals surface area contributed by atoms with Gasteiger partial charge in [0, 0.05) is 56.1 Å². The summed E-state index contributed by atoms with van der Waals surface area (Å²) in [6, 6.07) is 12.8. The maximum Gasteiger partial charge on any atom is 0.251 e. The van der Waals surface area contributed by atoms with Gasteiger partial charge < -0.3 is 20.4 Å². The first-order valence-electron chi connectivity index (χ1n) is 12.4. The second-order valence-electron chi connectivity index (χ2n) is 9.35. The summed E-state index contributed by atoms with van der Waals surface area (Å²) in [5.74, 6) is -0.453. The van der Waals surface area contributed by atoms with Crippen molar-refractivity contribution in [3.05, 3.63) is 59.2 Å². The molecule has 0 aromatic heterocycles. The molecule has 2 aliphatic rings. The fourth-order valence-corrected chi connectivity index (χ4v) is 4.63. The first-order valence-corrected chi connectivity index (χ1v) is 12.4. The van der Waals surface area contributed by atoms with Crippen molar-refractivity contribution in [3.63, 3.8) is 0 Å². The maximum atomic E-state index is 12.6. The number of nitrogens with zero attached hydrogens (tertiary/aromatic N) is 3. The second-order valence-corrected chi connectivity index (χ2v) is 9.35. The minimum absolute atomic E-state index is 0.0699. The Hall–Kier alpha value is -3.72. The van der Waals surface area contributed by atoms with Crippen LogP contribution in [0.5, 0.6) is 0 Å². The summed E-state index contributed by atoms with van der Waals surface area (Å²) < 4.78 is 0. The molecule has 0 atom stereocenters. The van der Waals surface area contributed by atoms with Crippen molar-refractivity contribution in [1.82, 2.24) is 15.1 Å². The van der Waals surface area contributed by atoms with E-state index in [1.807, 2.05) is 36.9 Å². The Morgan fingerprint density at radius 2 is 1.56 bits per heavy atom. The number of rotatable bonds is 7. The van der Waals surface area contributed by atoms with Crippen molar-refractivity contribution in [2.24, 2.45) is 0 Å². The molecule has 9 nitrogen and oxygen atoms in total.